The Kier molecular flexibility index (Phi) is 5.57. The SMILES string of the molecule is O=c1[nH]c(O)c(C=Nc2ccc(CN3CCOCC3)cc2)c2cc(Br)ccc12. The van der Waals surface area contributed by atoms with Crippen molar-refractivity contribution in [3.05, 3.63) is 68.4 Å². The molecule has 28 heavy (non-hydrogen) atoms. The van der Waals surface area contributed by atoms with Gasteiger partial charge in [-0.2, -0.15) is 0 Å². The van der Waals surface area contributed by atoms with E-state index in [0.717, 1.165) is 43.0 Å². The van der Waals surface area contributed by atoms with E-state index in [-0.39, 0.29) is 11.4 Å². The Morgan fingerprint density at radius 2 is 1.89 bits per heavy atom. The van der Waals surface area contributed by atoms with Crippen LogP contribution in [0, 0.1) is 0 Å². The number of fused-ring (bicyclic) bond motifs is 1. The fourth-order valence-corrected chi connectivity index (χ4v) is 3.64. The summed E-state index contributed by atoms with van der Waals surface area (Å²) in [4.78, 5) is 21.4. The van der Waals surface area contributed by atoms with Crippen LogP contribution in [0.15, 0.2) is 56.7 Å². The van der Waals surface area contributed by atoms with Gasteiger partial charge in [0.2, 0.25) is 5.88 Å². The number of rotatable bonds is 4. The zero-order valence-corrected chi connectivity index (χ0v) is 16.8. The third-order valence-electron chi connectivity index (χ3n) is 4.79. The molecule has 0 amide bonds. The number of hydrogen-bond donors (Lipinski definition) is 2. The van der Waals surface area contributed by atoms with Crippen molar-refractivity contribution >= 4 is 38.6 Å². The fraction of sp³-hybridized carbons (Fsp3) is 0.238. The minimum Gasteiger partial charge on any atom is -0.494 e. The van der Waals surface area contributed by atoms with Gasteiger partial charge < -0.3 is 9.84 Å². The second-order valence-corrected chi connectivity index (χ2v) is 7.64. The Bertz CT molecular complexity index is 1070. The zero-order chi connectivity index (χ0) is 19.5. The molecule has 0 atom stereocenters. The van der Waals surface area contributed by atoms with E-state index in [1.54, 1.807) is 24.4 Å². The highest BCUT2D eigenvalue weighted by Gasteiger charge is 2.11. The predicted molar refractivity (Wildman–Crippen MR) is 114 cm³/mol. The van der Waals surface area contributed by atoms with Crippen molar-refractivity contribution in [2.45, 2.75) is 6.54 Å². The summed E-state index contributed by atoms with van der Waals surface area (Å²) in [5.74, 6) is -0.191. The van der Waals surface area contributed by atoms with E-state index in [4.69, 9.17) is 4.74 Å². The molecule has 1 fully saturated rings. The average molecular weight is 442 g/mol. The van der Waals surface area contributed by atoms with Gasteiger partial charge in [0.05, 0.1) is 24.5 Å². The van der Waals surface area contributed by atoms with Crippen molar-refractivity contribution < 1.29 is 9.84 Å². The smallest absolute Gasteiger partial charge is 0.258 e. The summed E-state index contributed by atoms with van der Waals surface area (Å²) in [6.07, 6.45) is 1.58. The number of nitrogens with zero attached hydrogens (tertiary/aromatic N) is 2. The van der Waals surface area contributed by atoms with Gasteiger partial charge in [0, 0.05) is 41.1 Å². The molecule has 144 valence electrons. The summed E-state index contributed by atoms with van der Waals surface area (Å²) >= 11 is 3.41. The van der Waals surface area contributed by atoms with Gasteiger partial charge in [0.25, 0.3) is 5.56 Å². The lowest BCUT2D eigenvalue weighted by Gasteiger charge is -2.26. The molecular formula is C21H20BrN3O3. The first kappa shape index (κ1) is 18.9. The van der Waals surface area contributed by atoms with Crippen LogP contribution in [0.3, 0.4) is 0 Å². The maximum Gasteiger partial charge on any atom is 0.258 e. The quantitative estimate of drug-likeness (QED) is 0.606. The maximum absolute atomic E-state index is 12.1. The molecule has 1 saturated heterocycles. The molecule has 0 spiro atoms. The van der Waals surface area contributed by atoms with E-state index >= 15 is 0 Å². The second-order valence-electron chi connectivity index (χ2n) is 6.72. The largest absolute Gasteiger partial charge is 0.494 e. The van der Waals surface area contributed by atoms with Crippen LogP contribution < -0.4 is 5.56 Å². The van der Waals surface area contributed by atoms with Crippen LogP contribution in [0.5, 0.6) is 5.88 Å². The Hall–Kier alpha value is -2.48. The third kappa shape index (κ3) is 4.16. The highest BCUT2D eigenvalue weighted by atomic mass is 79.9. The number of ether oxygens (including phenoxy) is 1. The summed E-state index contributed by atoms with van der Waals surface area (Å²) in [6.45, 7) is 4.37. The first-order valence-electron chi connectivity index (χ1n) is 9.08. The van der Waals surface area contributed by atoms with Gasteiger partial charge >= 0.3 is 0 Å². The second kappa shape index (κ2) is 8.26. The van der Waals surface area contributed by atoms with Crippen molar-refractivity contribution in [2.24, 2.45) is 4.99 Å². The topological polar surface area (TPSA) is 77.9 Å². The van der Waals surface area contributed by atoms with Crippen molar-refractivity contribution in [1.82, 2.24) is 9.88 Å². The number of morpholine rings is 1. The molecule has 2 heterocycles. The summed E-state index contributed by atoms with van der Waals surface area (Å²) in [5.41, 5.74) is 2.15. The van der Waals surface area contributed by atoms with Crippen molar-refractivity contribution in [3.63, 3.8) is 0 Å². The van der Waals surface area contributed by atoms with Crippen LogP contribution >= 0.6 is 15.9 Å². The molecule has 6 nitrogen and oxygen atoms in total. The average Bonchev–Trinajstić information content (AvgIpc) is 2.69. The number of pyridine rings is 1. The number of aromatic nitrogens is 1. The summed E-state index contributed by atoms with van der Waals surface area (Å²) in [7, 11) is 0. The summed E-state index contributed by atoms with van der Waals surface area (Å²) < 4.78 is 6.21. The minimum absolute atomic E-state index is 0.191. The molecule has 0 saturated carbocycles. The molecule has 3 aromatic rings. The lowest BCUT2D eigenvalue weighted by Crippen LogP contribution is -2.35. The zero-order valence-electron chi connectivity index (χ0n) is 15.2. The molecule has 7 heteroatoms. The van der Waals surface area contributed by atoms with Gasteiger partial charge in [-0.05, 0) is 35.9 Å². The van der Waals surface area contributed by atoms with Gasteiger partial charge in [0.1, 0.15) is 0 Å². The van der Waals surface area contributed by atoms with E-state index < -0.39 is 0 Å². The first-order valence-corrected chi connectivity index (χ1v) is 9.87. The Labute approximate surface area is 170 Å². The molecule has 1 aromatic heterocycles. The van der Waals surface area contributed by atoms with Crippen LogP contribution in [0.1, 0.15) is 11.1 Å². The predicted octanol–water partition coefficient (Wildman–Crippen LogP) is 3.58. The van der Waals surface area contributed by atoms with Crippen LogP contribution in [-0.4, -0.2) is 47.5 Å². The van der Waals surface area contributed by atoms with Crippen molar-refractivity contribution in [3.8, 4) is 5.88 Å². The van der Waals surface area contributed by atoms with E-state index in [9.17, 15) is 9.90 Å². The minimum atomic E-state index is -0.329. The number of benzene rings is 2. The van der Waals surface area contributed by atoms with Crippen LogP contribution in [0.25, 0.3) is 10.8 Å². The van der Waals surface area contributed by atoms with E-state index in [1.807, 2.05) is 12.1 Å². The number of aromatic hydroxyl groups is 1. The van der Waals surface area contributed by atoms with Crippen LogP contribution in [0.2, 0.25) is 0 Å². The number of nitrogens with one attached hydrogen (secondary N) is 1. The third-order valence-corrected chi connectivity index (χ3v) is 5.29. The molecule has 4 rings (SSSR count). The van der Waals surface area contributed by atoms with Gasteiger partial charge in [-0.15, -0.1) is 0 Å². The van der Waals surface area contributed by atoms with E-state index in [2.05, 4.69) is 42.9 Å². The molecule has 0 aliphatic carbocycles. The normalized spacial score (nSPS) is 15.5. The van der Waals surface area contributed by atoms with Gasteiger partial charge in [-0.1, -0.05) is 28.1 Å². The Morgan fingerprint density at radius 3 is 2.64 bits per heavy atom. The number of hydrogen-bond acceptors (Lipinski definition) is 5. The molecule has 0 radical (unpaired) electrons. The van der Waals surface area contributed by atoms with Gasteiger partial charge in [-0.3, -0.25) is 19.7 Å². The van der Waals surface area contributed by atoms with Crippen molar-refractivity contribution in [2.75, 3.05) is 26.3 Å². The van der Waals surface area contributed by atoms with Crippen LogP contribution in [-0.2, 0) is 11.3 Å². The van der Waals surface area contributed by atoms with Crippen LogP contribution in [0.4, 0.5) is 5.69 Å². The number of H-pyrrole nitrogens is 1. The molecule has 0 unspecified atom stereocenters. The molecule has 1 aliphatic rings. The monoisotopic (exact) mass is 441 g/mol. The highest BCUT2D eigenvalue weighted by Crippen LogP contribution is 2.25. The summed E-state index contributed by atoms with van der Waals surface area (Å²) in [6, 6.07) is 13.3. The number of halogens is 1. The first-order chi connectivity index (χ1) is 13.6. The van der Waals surface area contributed by atoms with Gasteiger partial charge in [0.15, 0.2) is 0 Å². The number of aliphatic imine (C=N–C) groups is 1. The molecule has 1 aliphatic heterocycles. The lowest BCUT2D eigenvalue weighted by molar-refractivity contribution is 0.0342. The standard InChI is InChI=1S/C21H20BrN3O3/c22-15-3-6-17-18(11-15)19(21(27)24-20(17)26)12-23-16-4-1-14(2-5-16)13-25-7-9-28-10-8-25/h1-6,11-12H,7-10,13H2,(H2,24,26,27). The van der Waals surface area contributed by atoms with Gasteiger partial charge in [-0.25, -0.2) is 0 Å². The van der Waals surface area contributed by atoms with E-state index in [1.165, 1.54) is 5.56 Å². The van der Waals surface area contributed by atoms with E-state index in [0.29, 0.717) is 16.3 Å². The number of aromatic amines is 1. The Balaban J connectivity index is 1.57. The lowest BCUT2D eigenvalue weighted by atomic mass is 10.1. The Morgan fingerprint density at radius 1 is 1.14 bits per heavy atom. The molecular weight excluding hydrogens is 422 g/mol. The highest BCUT2D eigenvalue weighted by molar-refractivity contribution is 9.10. The fourth-order valence-electron chi connectivity index (χ4n) is 3.28. The molecule has 2 aromatic carbocycles. The van der Waals surface area contributed by atoms with Crippen molar-refractivity contribution in [1.29, 1.82) is 0 Å². The maximum atomic E-state index is 12.1. The summed E-state index contributed by atoms with van der Waals surface area (Å²) in [5, 5.41) is 11.4. The molecule has 2 N–H and O–H groups in total. The molecule has 0 bridgehead atoms.